The SMILES string of the molecule is CC1(c2cccnc2)CN(Cc2cccc(OC(F)(F)F)c2)CCN1C(=O)O. The summed E-state index contributed by atoms with van der Waals surface area (Å²) in [5.74, 6) is -0.274. The number of amides is 1. The number of hydrogen-bond acceptors (Lipinski definition) is 4. The average molecular weight is 395 g/mol. The minimum absolute atomic E-state index is 0.274. The van der Waals surface area contributed by atoms with Crippen molar-refractivity contribution in [1.29, 1.82) is 0 Å². The number of benzene rings is 1. The van der Waals surface area contributed by atoms with Gasteiger partial charge in [-0.15, -0.1) is 13.2 Å². The first-order valence-corrected chi connectivity index (χ1v) is 8.65. The fraction of sp³-hybridized carbons (Fsp3) is 0.368. The molecule has 3 rings (SSSR count). The van der Waals surface area contributed by atoms with Crippen molar-refractivity contribution < 1.29 is 27.8 Å². The highest BCUT2D eigenvalue weighted by atomic mass is 19.4. The van der Waals surface area contributed by atoms with E-state index in [1.807, 2.05) is 17.9 Å². The number of ether oxygens (including phenoxy) is 1. The maximum atomic E-state index is 12.4. The fourth-order valence-electron chi connectivity index (χ4n) is 3.56. The zero-order valence-corrected chi connectivity index (χ0v) is 15.2. The van der Waals surface area contributed by atoms with Crippen LogP contribution in [0.5, 0.6) is 5.75 Å². The lowest BCUT2D eigenvalue weighted by molar-refractivity contribution is -0.274. The highest BCUT2D eigenvalue weighted by Crippen LogP contribution is 2.33. The minimum Gasteiger partial charge on any atom is -0.465 e. The second-order valence-corrected chi connectivity index (χ2v) is 6.86. The van der Waals surface area contributed by atoms with Crippen molar-refractivity contribution in [2.45, 2.75) is 25.4 Å². The molecule has 1 fully saturated rings. The second kappa shape index (κ2) is 7.67. The smallest absolute Gasteiger partial charge is 0.465 e. The molecule has 0 saturated carbocycles. The van der Waals surface area contributed by atoms with Crippen LogP contribution in [0.4, 0.5) is 18.0 Å². The van der Waals surface area contributed by atoms with Crippen molar-refractivity contribution in [2.75, 3.05) is 19.6 Å². The van der Waals surface area contributed by atoms with Crippen molar-refractivity contribution in [2.24, 2.45) is 0 Å². The lowest BCUT2D eigenvalue weighted by Crippen LogP contribution is -2.60. The van der Waals surface area contributed by atoms with Gasteiger partial charge in [-0.1, -0.05) is 18.2 Å². The zero-order valence-electron chi connectivity index (χ0n) is 15.2. The minimum atomic E-state index is -4.75. The summed E-state index contributed by atoms with van der Waals surface area (Å²) in [6.07, 6.45) is -2.52. The van der Waals surface area contributed by atoms with E-state index in [1.54, 1.807) is 24.5 Å². The van der Waals surface area contributed by atoms with Crippen LogP contribution in [0.3, 0.4) is 0 Å². The summed E-state index contributed by atoms with van der Waals surface area (Å²) in [5.41, 5.74) is 0.591. The molecule has 0 bridgehead atoms. The van der Waals surface area contributed by atoms with E-state index >= 15 is 0 Å². The van der Waals surface area contributed by atoms with Gasteiger partial charge in [0.2, 0.25) is 0 Å². The Balaban J connectivity index is 1.80. The summed E-state index contributed by atoms with van der Waals surface area (Å²) >= 11 is 0. The van der Waals surface area contributed by atoms with Crippen molar-refractivity contribution in [3.05, 3.63) is 59.9 Å². The van der Waals surface area contributed by atoms with Crippen LogP contribution in [0.2, 0.25) is 0 Å². The van der Waals surface area contributed by atoms with Crippen LogP contribution in [0.1, 0.15) is 18.1 Å². The molecule has 1 aliphatic heterocycles. The Bertz CT molecular complexity index is 832. The van der Waals surface area contributed by atoms with Crippen LogP contribution in [0.25, 0.3) is 0 Å². The molecule has 6 nitrogen and oxygen atoms in total. The normalized spacial score (nSPS) is 20.8. The Labute approximate surface area is 160 Å². The average Bonchev–Trinajstić information content (AvgIpc) is 2.61. The molecule has 0 radical (unpaired) electrons. The van der Waals surface area contributed by atoms with E-state index in [0.717, 1.165) is 5.56 Å². The Morgan fingerprint density at radius 1 is 1.29 bits per heavy atom. The molecule has 1 amide bonds. The van der Waals surface area contributed by atoms with Gasteiger partial charge in [0.25, 0.3) is 0 Å². The van der Waals surface area contributed by atoms with Crippen molar-refractivity contribution in [1.82, 2.24) is 14.8 Å². The van der Waals surface area contributed by atoms with Gasteiger partial charge in [0, 0.05) is 38.6 Å². The van der Waals surface area contributed by atoms with Gasteiger partial charge in [0.05, 0.1) is 5.54 Å². The zero-order chi connectivity index (χ0) is 20.4. The molecular weight excluding hydrogens is 375 g/mol. The van der Waals surface area contributed by atoms with Gasteiger partial charge in [-0.3, -0.25) is 14.8 Å². The fourth-order valence-corrected chi connectivity index (χ4v) is 3.56. The molecular formula is C19H20F3N3O3. The van der Waals surface area contributed by atoms with Crippen LogP contribution in [-0.2, 0) is 12.1 Å². The summed E-state index contributed by atoms with van der Waals surface area (Å²) in [6, 6.07) is 9.39. The molecule has 150 valence electrons. The molecule has 1 saturated heterocycles. The molecule has 1 aromatic carbocycles. The number of aromatic nitrogens is 1. The molecule has 1 N–H and O–H groups in total. The lowest BCUT2D eigenvalue weighted by atomic mass is 9.88. The highest BCUT2D eigenvalue weighted by Gasteiger charge is 2.42. The quantitative estimate of drug-likeness (QED) is 0.855. The van der Waals surface area contributed by atoms with E-state index < -0.39 is 18.0 Å². The van der Waals surface area contributed by atoms with E-state index in [9.17, 15) is 23.1 Å². The first-order chi connectivity index (χ1) is 13.2. The van der Waals surface area contributed by atoms with E-state index in [4.69, 9.17) is 0 Å². The molecule has 9 heteroatoms. The van der Waals surface area contributed by atoms with Crippen molar-refractivity contribution in [3.63, 3.8) is 0 Å². The van der Waals surface area contributed by atoms with Crippen LogP contribution < -0.4 is 4.74 Å². The summed E-state index contributed by atoms with van der Waals surface area (Å²) in [7, 11) is 0. The Kier molecular flexibility index (Phi) is 5.46. The molecule has 1 unspecified atom stereocenters. The molecule has 0 aliphatic carbocycles. The largest absolute Gasteiger partial charge is 0.573 e. The first kappa shape index (κ1) is 19.9. The summed E-state index contributed by atoms with van der Waals surface area (Å²) < 4.78 is 41.3. The number of carbonyl (C=O) groups is 1. The van der Waals surface area contributed by atoms with Crippen LogP contribution in [0.15, 0.2) is 48.8 Å². The van der Waals surface area contributed by atoms with Gasteiger partial charge >= 0.3 is 12.5 Å². The number of alkyl halides is 3. The standard InChI is InChI=1S/C19H20F3N3O3/c1-18(15-5-3-7-23-11-15)13-24(8-9-25(18)17(26)27)12-14-4-2-6-16(10-14)28-19(20,21)22/h2-7,10-11H,8-9,12-13H2,1H3,(H,26,27). The van der Waals surface area contributed by atoms with Crippen LogP contribution in [-0.4, -0.2) is 52.0 Å². The Hall–Kier alpha value is -2.81. The third kappa shape index (κ3) is 4.53. The van der Waals surface area contributed by atoms with Crippen molar-refractivity contribution in [3.8, 4) is 5.75 Å². The molecule has 2 heterocycles. The number of rotatable bonds is 4. The predicted octanol–water partition coefficient (Wildman–Crippen LogP) is 3.69. The Morgan fingerprint density at radius 2 is 2.07 bits per heavy atom. The molecule has 1 aliphatic rings. The molecule has 28 heavy (non-hydrogen) atoms. The number of hydrogen-bond donors (Lipinski definition) is 1. The number of nitrogens with zero attached hydrogens (tertiary/aromatic N) is 3. The molecule has 0 spiro atoms. The first-order valence-electron chi connectivity index (χ1n) is 8.65. The second-order valence-electron chi connectivity index (χ2n) is 6.86. The maximum absolute atomic E-state index is 12.4. The van der Waals surface area contributed by atoms with E-state index in [2.05, 4.69) is 9.72 Å². The van der Waals surface area contributed by atoms with Crippen molar-refractivity contribution >= 4 is 6.09 Å². The van der Waals surface area contributed by atoms with Gasteiger partial charge < -0.3 is 9.84 Å². The number of pyridine rings is 1. The summed E-state index contributed by atoms with van der Waals surface area (Å²) in [5, 5.41) is 9.62. The Morgan fingerprint density at radius 3 is 2.71 bits per heavy atom. The maximum Gasteiger partial charge on any atom is 0.573 e. The van der Waals surface area contributed by atoms with E-state index in [0.29, 0.717) is 25.2 Å². The lowest BCUT2D eigenvalue weighted by Gasteiger charge is -2.47. The topological polar surface area (TPSA) is 65.9 Å². The molecule has 1 atom stereocenters. The third-order valence-electron chi connectivity index (χ3n) is 4.82. The van der Waals surface area contributed by atoms with E-state index in [1.165, 1.54) is 23.1 Å². The van der Waals surface area contributed by atoms with Gasteiger partial charge in [0.15, 0.2) is 0 Å². The highest BCUT2D eigenvalue weighted by molar-refractivity contribution is 5.67. The van der Waals surface area contributed by atoms with Gasteiger partial charge in [-0.25, -0.2) is 4.79 Å². The number of piperazine rings is 1. The summed E-state index contributed by atoms with van der Waals surface area (Å²) in [6.45, 7) is 3.33. The predicted molar refractivity (Wildman–Crippen MR) is 94.7 cm³/mol. The van der Waals surface area contributed by atoms with Gasteiger partial charge in [-0.05, 0) is 36.2 Å². The number of carboxylic acid groups (broad SMARTS) is 1. The third-order valence-corrected chi connectivity index (χ3v) is 4.82. The van der Waals surface area contributed by atoms with Crippen LogP contribution in [0, 0.1) is 0 Å². The number of halogens is 3. The molecule has 2 aromatic rings. The van der Waals surface area contributed by atoms with Gasteiger partial charge in [-0.2, -0.15) is 0 Å². The summed E-state index contributed by atoms with van der Waals surface area (Å²) in [4.78, 5) is 19.2. The van der Waals surface area contributed by atoms with Gasteiger partial charge in [0.1, 0.15) is 5.75 Å². The molecule has 1 aromatic heterocycles. The van der Waals surface area contributed by atoms with Crippen LogP contribution >= 0.6 is 0 Å². The monoisotopic (exact) mass is 395 g/mol. The van der Waals surface area contributed by atoms with E-state index in [-0.39, 0.29) is 12.3 Å².